The van der Waals surface area contributed by atoms with Crippen LogP contribution in [0.5, 0.6) is 0 Å². The molecular formula is C4H11GaS. The summed E-state index contributed by atoms with van der Waals surface area (Å²) in [5, 5.41) is 0. The van der Waals surface area contributed by atoms with Crippen molar-refractivity contribution >= 4 is 30.9 Å². The normalized spacial score (nSPS) is 5.67. The zero-order chi connectivity index (χ0) is 4.12. The van der Waals surface area contributed by atoms with Gasteiger partial charge in [0.05, 0.1) is 0 Å². The van der Waals surface area contributed by atoms with E-state index >= 15 is 0 Å². The zero-order valence-electron chi connectivity index (χ0n) is 4.44. The number of hydrogen-bond acceptors (Lipinski definition) is 1. The summed E-state index contributed by atoms with van der Waals surface area (Å²) in [6.07, 6.45) is 0. The topological polar surface area (TPSA) is 0 Å². The second-order valence-electron chi connectivity index (χ2n) is 1.11. The summed E-state index contributed by atoms with van der Waals surface area (Å²) in [5.41, 5.74) is 0. The number of rotatable bonds is 2. The van der Waals surface area contributed by atoms with Crippen LogP contribution >= 0.6 is 0 Å². The van der Waals surface area contributed by atoms with E-state index < -0.39 is 0 Å². The van der Waals surface area contributed by atoms with Crippen molar-refractivity contribution in [2.24, 2.45) is 0 Å². The first-order valence-electron chi connectivity index (χ1n) is 2.23. The van der Waals surface area contributed by atoms with Gasteiger partial charge in [0, 0.05) is 0 Å². The third-order valence-corrected chi connectivity index (χ3v) is 3.00. The Kier molecular flexibility index (Phi) is 15.7. The Morgan fingerprint density at radius 2 is 1.50 bits per heavy atom. The van der Waals surface area contributed by atoms with Crippen LogP contribution in [0.4, 0.5) is 0 Å². The standard InChI is InChI=1S/2C2H5.Ga.H2S/c2*1-2;;/h2*1H2,2H3;;1H2/q;;+1;/p-1. The Labute approximate surface area is 54.9 Å². The van der Waals surface area contributed by atoms with Crippen molar-refractivity contribution in [3.8, 4) is 0 Å². The minimum absolute atomic E-state index is 0. The van der Waals surface area contributed by atoms with Gasteiger partial charge in [0.2, 0.25) is 0 Å². The summed E-state index contributed by atoms with van der Waals surface area (Å²) in [6, 6.07) is 0. The first-order chi connectivity index (χ1) is 2.41. The molecule has 0 aliphatic heterocycles. The molecule has 0 bridgehead atoms. The molecule has 0 N–H and O–H groups in total. The van der Waals surface area contributed by atoms with Crippen molar-refractivity contribution in [3.05, 3.63) is 0 Å². The van der Waals surface area contributed by atoms with Crippen molar-refractivity contribution < 1.29 is 0 Å². The van der Waals surface area contributed by atoms with Gasteiger partial charge < -0.3 is 13.5 Å². The zero-order valence-corrected chi connectivity index (χ0v) is 7.76. The Bertz CT molecular complexity index is 15.0. The molecule has 0 atom stereocenters. The molecule has 0 radical (unpaired) electrons. The SMILES string of the molecule is C[CH2][Ga+][CH2]C.[SH-]. The Hall–Kier alpha value is 0.986. The Balaban J connectivity index is 0. The van der Waals surface area contributed by atoms with E-state index in [0.29, 0.717) is 17.4 Å². The fraction of sp³-hybridized carbons (Fsp3) is 1.00. The van der Waals surface area contributed by atoms with E-state index in [4.69, 9.17) is 0 Å². The van der Waals surface area contributed by atoms with Gasteiger partial charge in [-0.15, -0.1) is 0 Å². The Morgan fingerprint density at radius 3 is 1.50 bits per heavy atom. The largest absolute Gasteiger partial charge is 0.813 e. The van der Waals surface area contributed by atoms with Crippen molar-refractivity contribution in [3.63, 3.8) is 0 Å². The van der Waals surface area contributed by atoms with Crippen LogP contribution in [0.2, 0.25) is 9.95 Å². The predicted molar refractivity (Wildman–Crippen MR) is 35.5 cm³/mol. The minimum Gasteiger partial charge on any atom is -0.813 e. The summed E-state index contributed by atoms with van der Waals surface area (Å²) in [5.74, 6) is 0. The molecular weight excluding hydrogens is 150 g/mol. The van der Waals surface area contributed by atoms with Crippen LogP contribution in [-0.4, -0.2) is 17.4 Å². The van der Waals surface area contributed by atoms with Crippen LogP contribution in [0.25, 0.3) is 0 Å². The van der Waals surface area contributed by atoms with Gasteiger partial charge in [-0.05, 0) is 0 Å². The molecule has 0 saturated heterocycles. The summed E-state index contributed by atoms with van der Waals surface area (Å²) < 4.78 is 0. The summed E-state index contributed by atoms with van der Waals surface area (Å²) in [6.45, 7) is 4.56. The van der Waals surface area contributed by atoms with Gasteiger partial charge in [-0.25, -0.2) is 0 Å². The number of hydrogen-bond donors (Lipinski definition) is 0. The van der Waals surface area contributed by atoms with E-state index in [9.17, 15) is 0 Å². The van der Waals surface area contributed by atoms with Crippen LogP contribution in [0, 0.1) is 0 Å². The van der Waals surface area contributed by atoms with Gasteiger partial charge in [-0.1, -0.05) is 0 Å². The van der Waals surface area contributed by atoms with Crippen molar-refractivity contribution in [1.29, 1.82) is 0 Å². The monoisotopic (exact) mass is 160 g/mol. The van der Waals surface area contributed by atoms with Crippen molar-refractivity contribution in [2.75, 3.05) is 0 Å². The van der Waals surface area contributed by atoms with E-state index in [1.165, 1.54) is 9.95 Å². The maximum atomic E-state index is 2.28. The van der Waals surface area contributed by atoms with E-state index in [0.717, 1.165) is 0 Å². The molecule has 0 rings (SSSR count). The quantitative estimate of drug-likeness (QED) is 0.334. The molecule has 0 aromatic heterocycles. The molecule has 0 amide bonds. The van der Waals surface area contributed by atoms with Crippen molar-refractivity contribution in [1.82, 2.24) is 0 Å². The Morgan fingerprint density at radius 1 is 1.17 bits per heavy atom. The molecule has 0 unspecified atom stereocenters. The molecule has 0 aromatic rings. The molecule has 0 aliphatic rings. The maximum Gasteiger partial charge on any atom is -0.813 e. The van der Waals surface area contributed by atoms with E-state index in [2.05, 4.69) is 13.8 Å². The molecule has 0 saturated carbocycles. The second kappa shape index (κ2) is 9.37. The van der Waals surface area contributed by atoms with Gasteiger partial charge in [-0.2, -0.15) is 0 Å². The van der Waals surface area contributed by atoms with Gasteiger partial charge in [-0.3, -0.25) is 0 Å². The third kappa shape index (κ3) is 8.88. The van der Waals surface area contributed by atoms with E-state index in [1.54, 1.807) is 0 Å². The van der Waals surface area contributed by atoms with Gasteiger partial charge in [0.15, 0.2) is 0 Å². The second-order valence-corrected chi connectivity index (χ2v) is 5.74. The first-order valence-corrected chi connectivity index (χ1v) is 5.66. The summed E-state index contributed by atoms with van der Waals surface area (Å²) in [7, 11) is 0. The summed E-state index contributed by atoms with van der Waals surface area (Å²) >= 11 is 0.312. The minimum atomic E-state index is 0. The van der Waals surface area contributed by atoms with Gasteiger partial charge in [0.25, 0.3) is 0 Å². The smallest absolute Gasteiger partial charge is 0.813 e. The fourth-order valence-corrected chi connectivity index (χ4v) is 1.50. The molecule has 0 aliphatic carbocycles. The van der Waals surface area contributed by atoms with Crippen LogP contribution in [0.15, 0.2) is 0 Å². The van der Waals surface area contributed by atoms with E-state index in [-0.39, 0.29) is 13.5 Å². The van der Waals surface area contributed by atoms with Crippen LogP contribution in [-0.2, 0) is 13.5 Å². The first kappa shape index (κ1) is 10.1. The molecule has 0 nitrogen and oxygen atoms in total. The molecule has 0 aromatic carbocycles. The van der Waals surface area contributed by atoms with Crippen LogP contribution < -0.4 is 0 Å². The summed E-state index contributed by atoms with van der Waals surface area (Å²) in [4.78, 5) is 3.00. The van der Waals surface area contributed by atoms with Gasteiger partial charge in [0.1, 0.15) is 0 Å². The molecule has 2 heteroatoms. The number of thiol groups is 1. The van der Waals surface area contributed by atoms with Crippen LogP contribution in [0.1, 0.15) is 13.8 Å². The van der Waals surface area contributed by atoms with Crippen molar-refractivity contribution in [2.45, 2.75) is 23.8 Å². The van der Waals surface area contributed by atoms with E-state index in [1.807, 2.05) is 0 Å². The maximum absolute atomic E-state index is 2.28. The van der Waals surface area contributed by atoms with Crippen LogP contribution in [0.3, 0.4) is 0 Å². The molecule has 36 valence electrons. The third-order valence-electron chi connectivity index (χ3n) is 0.577. The van der Waals surface area contributed by atoms with Gasteiger partial charge >= 0.3 is 41.2 Å². The molecule has 6 heavy (non-hydrogen) atoms. The molecule has 0 heterocycles. The average Bonchev–Trinajstić information content (AvgIpc) is 1.41. The fourth-order valence-electron chi connectivity index (χ4n) is 0.289. The predicted octanol–water partition coefficient (Wildman–Crippen LogP) is 1.30. The molecule has 0 fully saturated rings. The molecule has 0 spiro atoms. The average molecular weight is 161 g/mol.